The smallest absolute Gasteiger partial charge is 0.343 e. The van der Waals surface area contributed by atoms with E-state index < -0.39 is 11.6 Å². The number of allylic oxidation sites excluding steroid dienone is 1. The molecule has 0 aliphatic carbocycles. The number of pyridine rings is 1. The largest absolute Gasteiger partial charge is 0.458 e. The molecule has 0 amide bonds. The van der Waals surface area contributed by atoms with E-state index in [9.17, 15) is 9.59 Å². The van der Waals surface area contributed by atoms with E-state index in [1.807, 2.05) is 0 Å². The molecule has 0 aromatic carbocycles. The maximum absolute atomic E-state index is 12.6. The number of hydrogen-bond acceptors (Lipinski definition) is 5. The molecule has 1 aromatic heterocycles. The molecule has 110 valence electrons. The zero-order valence-electron chi connectivity index (χ0n) is 12.2. The highest BCUT2D eigenvalue weighted by Crippen LogP contribution is 2.34. The lowest BCUT2D eigenvalue weighted by molar-refractivity contribution is -0.173. The summed E-state index contributed by atoms with van der Waals surface area (Å²) in [4.78, 5) is 28.9. The van der Waals surface area contributed by atoms with E-state index in [-0.39, 0.29) is 12.2 Å². The predicted octanol–water partition coefficient (Wildman–Crippen LogP) is 0.755. The molecule has 6 nitrogen and oxygen atoms in total. The summed E-state index contributed by atoms with van der Waals surface area (Å²) in [5.74, 6) is -0.492. The van der Waals surface area contributed by atoms with Crippen molar-refractivity contribution in [2.75, 3.05) is 14.2 Å². The fourth-order valence-corrected chi connectivity index (χ4v) is 2.91. The van der Waals surface area contributed by atoms with Crippen LogP contribution in [0.15, 0.2) is 28.0 Å². The second-order valence-corrected chi connectivity index (χ2v) is 5.30. The monoisotopic (exact) mass is 288 g/mol. The van der Waals surface area contributed by atoms with Crippen LogP contribution in [0.25, 0.3) is 0 Å². The highest BCUT2D eigenvalue weighted by molar-refractivity contribution is 6.13. The van der Waals surface area contributed by atoms with E-state index in [4.69, 9.17) is 9.47 Å². The summed E-state index contributed by atoms with van der Waals surface area (Å²) in [6.07, 6.45) is 0. The van der Waals surface area contributed by atoms with Crippen LogP contribution in [0.5, 0.6) is 0 Å². The van der Waals surface area contributed by atoms with Crippen LogP contribution in [0.4, 0.5) is 0 Å². The molecule has 0 spiro atoms. The van der Waals surface area contributed by atoms with Crippen molar-refractivity contribution in [2.24, 2.45) is 4.99 Å². The summed E-state index contributed by atoms with van der Waals surface area (Å²) in [7, 11) is 3.08. The molecule has 1 aromatic rings. The van der Waals surface area contributed by atoms with Crippen molar-refractivity contribution in [3.63, 3.8) is 0 Å². The van der Waals surface area contributed by atoms with Gasteiger partial charge in [-0.05, 0) is 18.6 Å². The molecule has 1 unspecified atom stereocenters. The number of esters is 1. The Bertz CT molecular complexity index is 760. The lowest BCUT2D eigenvalue weighted by atomic mass is 9.89. The van der Waals surface area contributed by atoms with Crippen LogP contribution in [0.3, 0.4) is 0 Å². The van der Waals surface area contributed by atoms with E-state index >= 15 is 0 Å². The Kier molecular flexibility index (Phi) is 2.88. The van der Waals surface area contributed by atoms with E-state index in [2.05, 4.69) is 11.6 Å². The molecule has 0 radical (unpaired) electrons. The Hall–Kier alpha value is -2.21. The van der Waals surface area contributed by atoms with Crippen molar-refractivity contribution < 1.29 is 14.3 Å². The molecule has 1 atom stereocenters. The Balaban J connectivity index is 2.35. The minimum Gasteiger partial charge on any atom is -0.458 e. The number of hydrogen-bond donors (Lipinski definition) is 0. The topological polar surface area (TPSA) is 69.9 Å². The SMILES string of the molecule is C=C1Cn2c(cc3c(c2=O)COC(=O)C3(C)OC)C1=NC. The normalized spacial score (nSPS) is 25.8. The number of carbonyl (C=O) groups excluding carboxylic acids is 1. The molecule has 0 saturated carbocycles. The van der Waals surface area contributed by atoms with Gasteiger partial charge < -0.3 is 14.0 Å². The van der Waals surface area contributed by atoms with Gasteiger partial charge in [0.2, 0.25) is 0 Å². The summed E-state index contributed by atoms with van der Waals surface area (Å²) < 4.78 is 12.1. The molecule has 0 saturated heterocycles. The van der Waals surface area contributed by atoms with Crippen LogP contribution in [0.1, 0.15) is 23.7 Å². The van der Waals surface area contributed by atoms with E-state index in [0.29, 0.717) is 29.1 Å². The molecule has 0 N–H and O–H groups in total. The molecular formula is C15H16N2O4. The number of methoxy groups -OCH3 is 1. The molecule has 3 heterocycles. The average molecular weight is 288 g/mol. The third-order valence-electron chi connectivity index (χ3n) is 4.21. The summed E-state index contributed by atoms with van der Waals surface area (Å²) in [6, 6.07) is 1.79. The van der Waals surface area contributed by atoms with Gasteiger partial charge in [0.05, 0.1) is 23.5 Å². The maximum Gasteiger partial charge on any atom is 0.343 e. The minimum atomic E-state index is -1.27. The molecule has 3 rings (SSSR count). The Morgan fingerprint density at radius 3 is 2.81 bits per heavy atom. The number of nitrogens with zero attached hydrogens (tertiary/aromatic N) is 2. The molecule has 0 fully saturated rings. The number of fused-ring (bicyclic) bond motifs is 2. The molecular weight excluding hydrogens is 272 g/mol. The van der Waals surface area contributed by atoms with Crippen molar-refractivity contribution in [3.05, 3.63) is 45.4 Å². The first-order chi connectivity index (χ1) is 9.93. The van der Waals surface area contributed by atoms with Gasteiger partial charge in [-0.3, -0.25) is 9.79 Å². The second-order valence-electron chi connectivity index (χ2n) is 5.30. The van der Waals surface area contributed by atoms with Gasteiger partial charge in [0.25, 0.3) is 5.56 Å². The average Bonchev–Trinajstić information content (AvgIpc) is 2.79. The quantitative estimate of drug-likeness (QED) is 0.715. The van der Waals surface area contributed by atoms with Gasteiger partial charge in [-0.15, -0.1) is 0 Å². The van der Waals surface area contributed by atoms with Crippen molar-refractivity contribution in [2.45, 2.75) is 25.7 Å². The fourth-order valence-electron chi connectivity index (χ4n) is 2.91. The Morgan fingerprint density at radius 2 is 2.19 bits per heavy atom. The lowest BCUT2D eigenvalue weighted by Gasteiger charge is -2.32. The van der Waals surface area contributed by atoms with Gasteiger partial charge in [0.1, 0.15) is 6.61 Å². The Morgan fingerprint density at radius 1 is 1.48 bits per heavy atom. The summed E-state index contributed by atoms with van der Waals surface area (Å²) in [6.45, 7) is 5.93. The van der Waals surface area contributed by atoms with Crippen LogP contribution in [0, 0.1) is 0 Å². The van der Waals surface area contributed by atoms with E-state index in [0.717, 1.165) is 5.57 Å². The molecule has 2 aliphatic rings. The highest BCUT2D eigenvalue weighted by atomic mass is 16.6. The van der Waals surface area contributed by atoms with Crippen LogP contribution < -0.4 is 5.56 Å². The van der Waals surface area contributed by atoms with Crippen molar-refractivity contribution in [1.82, 2.24) is 4.57 Å². The number of ether oxygens (including phenoxy) is 2. The minimum absolute atomic E-state index is 0.0304. The molecule has 6 heteroatoms. The predicted molar refractivity (Wildman–Crippen MR) is 76.5 cm³/mol. The fraction of sp³-hybridized carbons (Fsp3) is 0.400. The number of cyclic esters (lactones) is 1. The summed E-state index contributed by atoms with van der Waals surface area (Å²) >= 11 is 0. The third kappa shape index (κ3) is 1.65. The number of aromatic nitrogens is 1. The van der Waals surface area contributed by atoms with Crippen molar-refractivity contribution >= 4 is 11.7 Å². The number of rotatable bonds is 1. The standard InChI is InChI=1S/C15H16N2O4/c1-8-6-17-11(12(8)16-3)5-10-9(13(17)18)7-21-14(19)15(10,2)20-4/h5H,1,6-7H2,2-4H3. The Labute approximate surface area is 121 Å². The lowest BCUT2D eigenvalue weighted by Crippen LogP contribution is -2.44. The van der Waals surface area contributed by atoms with Crippen LogP contribution in [0.2, 0.25) is 0 Å². The maximum atomic E-state index is 12.6. The van der Waals surface area contributed by atoms with Gasteiger partial charge >= 0.3 is 5.97 Å². The van der Waals surface area contributed by atoms with Crippen molar-refractivity contribution in [3.8, 4) is 0 Å². The molecule has 0 bridgehead atoms. The van der Waals surface area contributed by atoms with E-state index in [1.165, 1.54) is 7.11 Å². The molecule has 21 heavy (non-hydrogen) atoms. The van der Waals surface area contributed by atoms with E-state index in [1.54, 1.807) is 24.6 Å². The zero-order valence-corrected chi connectivity index (χ0v) is 12.2. The summed E-state index contributed by atoms with van der Waals surface area (Å²) in [5.41, 5.74) is 1.68. The first-order valence-electron chi connectivity index (χ1n) is 6.59. The second kappa shape index (κ2) is 4.39. The van der Waals surface area contributed by atoms with Gasteiger partial charge in [-0.2, -0.15) is 0 Å². The van der Waals surface area contributed by atoms with Crippen LogP contribution in [-0.4, -0.2) is 30.4 Å². The number of aliphatic imine (C=N–C) groups is 1. The van der Waals surface area contributed by atoms with Crippen LogP contribution in [-0.2, 0) is 33.0 Å². The third-order valence-corrected chi connectivity index (χ3v) is 4.21. The summed E-state index contributed by atoms with van der Waals surface area (Å²) in [5, 5.41) is 0. The van der Waals surface area contributed by atoms with Gasteiger partial charge in [-0.1, -0.05) is 6.58 Å². The van der Waals surface area contributed by atoms with Crippen molar-refractivity contribution in [1.29, 1.82) is 0 Å². The number of carbonyl (C=O) groups is 1. The van der Waals surface area contributed by atoms with Gasteiger partial charge in [-0.25, -0.2) is 4.79 Å². The van der Waals surface area contributed by atoms with Crippen LogP contribution >= 0.6 is 0 Å². The first-order valence-corrected chi connectivity index (χ1v) is 6.59. The highest BCUT2D eigenvalue weighted by Gasteiger charge is 2.44. The van der Waals surface area contributed by atoms with Gasteiger partial charge in [0.15, 0.2) is 5.60 Å². The first kappa shape index (κ1) is 13.8. The molecule has 2 aliphatic heterocycles. The zero-order chi connectivity index (χ0) is 15.4. The van der Waals surface area contributed by atoms with Gasteiger partial charge in [0, 0.05) is 19.7 Å².